The van der Waals surface area contributed by atoms with Crippen LogP contribution in [0.2, 0.25) is 0 Å². The van der Waals surface area contributed by atoms with Crippen molar-refractivity contribution in [1.29, 1.82) is 0 Å². The van der Waals surface area contributed by atoms with E-state index in [2.05, 4.69) is 11.9 Å². The molecule has 0 bridgehead atoms. The first-order chi connectivity index (χ1) is 8.81. The Balaban J connectivity index is 1.81. The van der Waals surface area contributed by atoms with Crippen molar-refractivity contribution in [3.8, 4) is 0 Å². The van der Waals surface area contributed by atoms with Crippen LogP contribution in [0.4, 0.5) is 0 Å². The zero-order valence-electron chi connectivity index (χ0n) is 11.9. The molecule has 106 valence electrons. The zero-order valence-corrected chi connectivity index (χ0v) is 11.9. The molecule has 0 spiro atoms. The van der Waals surface area contributed by atoms with E-state index in [1.165, 1.54) is 51.5 Å². The third-order valence-corrected chi connectivity index (χ3v) is 4.80. The summed E-state index contributed by atoms with van der Waals surface area (Å²) in [7, 11) is 2.26. The van der Waals surface area contributed by atoms with E-state index in [-0.39, 0.29) is 0 Å². The molecule has 2 atom stereocenters. The second-order valence-electron chi connectivity index (χ2n) is 6.22. The van der Waals surface area contributed by atoms with Crippen LogP contribution in [0.1, 0.15) is 44.9 Å². The minimum absolute atomic E-state index is 0.590. The van der Waals surface area contributed by atoms with E-state index in [0.29, 0.717) is 6.04 Å². The lowest BCUT2D eigenvalue weighted by Gasteiger charge is -2.38. The van der Waals surface area contributed by atoms with Crippen molar-refractivity contribution in [3.63, 3.8) is 0 Å². The Kier molecular flexibility index (Phi) is 5.93. The number of nitrogens with two attached hydrogens (primary N) is 1. The summed E-state index contributed by atoms with van der Waals surface area (Å²) in [5, 5.41) is 0. The third-order valence-electron chi connectivity index (χ3n) is 4.80. The number of ether oxygens (including phenoxy) is 1. The summed E-state index contributed by atoms with van der Waals surface area (Å²) >= 11 is 0. The van der Waals surface area contributed by atoms with Crippen LogP contribution in [-0.2, 0) is 4.74 Å². The van der Waals surface area contributed by atoms with Crippen LogP contribution in [0.3, 0.4) is 0 Å². The highest BCUT2D eigenvalue weighted by molar-refractivity contribution is 4.82. The molecule has 1 aliphatic heterocycles. The molecule has 0 radical (unpaired) electrons. The number of nitrogens with zero attached hydrogens (tertiary/aromatic N) is 1. The molecule has 3 heteroatoms. The predicted octanol–water partition coefficient (Wildman–Crippen LogP) is 2.25. The van der Waals surface area contributed by atoms with Gasteiger partial charge in [0.2, 0.25) is 0 Å². The Bertz CT molecular complexity index is 223. The van der Waals surface area contributed by atoms with Crippen molar-refractivity contribution in [1.82, 2.24) is 4.90 Å². The van der Waals surface area contributed by atoms with Crippen molar-refractivity contribution in [2.45, 2.75) is 51.0 Å². The monoisotopic (exact) mass is 254 g/mol. The summed E-state index contributed by atoms with van der Waals surface area (Å²) in [5.74, 6) is 1.56. The van der Waals surface area contributed by atoms with Gasteiger partial charge in [-0.1, -0.05) is 19.3 Å². The lowest BCUT2D eigenvalue weighted by Crippen LogP contribution is -2.46. The topological polar surface area (TPSA) is 38.5 Å². The van der Waals surface area contributed by atoms with E-state index in [1.54, 1.807) is 0 Å². The molecule has 2 aliphatic rings. The molecular weight excluding hydrogens is 224 g/mol. The van der Waals surface area contributed by atoms with E-state index < -0.39 is 0 Å². The number of hydrogen-bond acceptors (Lipinski definition) is 3. The Hall–Kier alpha value is -0.120. The molecule has 0 aromatic heterocycles. The van der Waals surface area contributed by atoms with E-state index in [0.717, 1.165) is 31.6 Å². The Morgan fingerprint density at radius 2 is 1.94 bits per heavy atom. The molecule has 1 saturated heterocycles. The largest absolute Gasteiger partial charge is 0.381 e. The van der Waals surface area contributed by atoms with Crippen LogP contribution in [0.15, 0.2) is 0 Å². The molecule has 2 rings (SSSR count). The van der Waals surface area contributed by atoms with E-state index in [1.807, 2.05) is 0 Å². The fraction of sp³-hybridized carbons (Fsp3) is 1.00. The van der Waals surface area contributed by atoms with E-state index in [9.17, 15) is 0 Å². The highest BCUT2D eigenvalue weighted by Crippen LogP contribution is 2.29. The first kappa shape index (κ1) is 14.3. The van der Waals surface area contributed by atoms with Gasteiger partial charge in [0.25, 0.3) is 0 Å². The molecule has 18 heavy (non-hydrogen) atoms. The van der Waals surface area contributed by atoms with Crippen molar-refractivity contribution >= 4 is 0 Å². The molecular formula is C15H30N2O. The van der Waals surface area contributed by atoms with Gasteiger partial charge in [0.15, 0.2) is 0 Å². The van der Waals surface area contributed by atoms with Crippen molar-refractivity contribution < 1.29 is 4.74 Å². The molecule has 1 aliphatic carbocycles. The van der Waals surface area contributed by atoms with Crippen LogP contribution in [0, 0.1) is 11.8 Å². The lowest BCUT2D eigenvalue weighted by molar-refractivity contribution is 0.0294. The molecule has 3 nitrogen and oxygen atoms in total. The predicted molar refractivity (Wildman–Crippen MR) is 75.6 cm³/mol. The Morgan fingerprint density at radius 3 is 2.56 bits per heavy atom. The van der Waals surface area contributed by atoms with Gasteiger partial charge >= 0.3 is 0 Å². The minimum atomic E-state index is 0.590. The van der Waals surface area contributed by atoms with Gasteiger partial charge in [-0.2, -0.15) is 0 Å². The maximum atomic E-state index is 6.04. The Morgan fingerprint density at radius 1 is 1.17 bits per heavy atom. The van der Waals surface area contributed by atoms with Crippen molar-refractivity contribution in [2.24, 2.45) is 17.6 Å². The third kappa shape index (κ3) is 3.94. The number of hydrogen-bond donors (Lipinski definition) is 1. The first-order valence-corrected chi connectivity index (χ1v) is 7.79. The summed E-state index contributed by atoms with van der Waals surface area (Å²) in [4.78, 5) is 2.52. The van der Waals surface area contributed by atoms with Gasteiger partial charge < -0.3 is 15.4 Å². The molecule has 2 fully saturated rings. The van der Waals surface area contributed by atoms with Gasteiger partial charge in [0.05, 0.1) is 6.61 Å². The van der Waals surface area contributed by atoms with Crippen LogP contribution >= 0.6 is 0 Å². The van der Waals surface area contributed by atoms with Gasteiger partial charge in [0.1, 0.15) is 0 Å². The summed E-state index contributed by atoms with van der Waals surface area (Å²) < 4.78 is 5.58. The van der Waals surface area contributed by atoms with Gasteiger partial charge in [-0.15, -0.1) is 0 Å². The van der Waals surface area contributed by atoms with Crippen LogP contribution < -0.4 is 5.73 Å². The van der Waals surface area contributed by atoms with E-state index >= 15 is 0 Å². The first-order valence-electron chi connectivity index (χ1n) is 7.79. The maximum absolute atomic E-state index is 6.04. The molecule has 2 unspecified atom stereocenters. The molecule has 0 aromatic carbocycles. The number of rotatable bonds is 5. The van der Waals surface area contributed by atoms with Crippen LogP contribution in [-0.4, -0.2) is 44.3 Å². The van der Waals surface area contributed by atoms with Gasteiger partial charge in [0, 0.05) is 25.7 Å². The van der Waals surface area contributed by atoms with Gasteiger partial charge in [-0.3, -0.25) is 0 Å². The fourth-order valence-electron chi connectivity index (χ4n) is 3.75. The maximum Gasteiger partial charge on any atom is 0.0506 e. The highest BCUT2D eigenvalue weighted by atomic mass is 16.5. The fourth-order valence-corrected chi connectivity index (χ4v) is 3.75. The second-order valence-corrected chi connectivity index (χ2v) is 6.22. The molecule has 0 aromatic rings. The lowest BCUT2D eigenvalue weighted by atomic mass is 9.83. The summed E-state index contributed by atoms with van der Waals surface area (Å²) in [6.45, 7) is 3.89. The molecule has 0 amide bonds. The smallest absolute Gasteiger partial charge is 0.0506 e. The average Bonchev–Trinajstić information content (AvgIpc) is 2.42. The van der Waals surface area contributed by atoms with Crippen LogP contribution in [0.5, 0.6) is 0 Å². The van der Waals surface area contributed by atoms with Crippen LogP contribution in [0.25, 0.3) is 0 Å². The average molecular weight is 254 g/mol. The number of likely N-dealkylation sites (N-methyl/N-ethyl adjacent to an activating group) is 1. The van der Waals surface area contributed by atoms with Crippen molar-refractivity contribution in [3.05, 3.63) is 0 Å². The summed E-state index contributed by atoms with van der Waals surface area (Å²) in [6, 6.07) is 0.590. The SMILES string of the molecule is CN(CC1CCCOC1)C(CN)C1CCCCC1. The van der Waals surface area contributed by atoms with Crippen molar-refractivity contribution in [2.75, 3.05) is 33.4 Å². The summed E-state index contributed by atoms with van der Waals surface area (Å²) in [6.07, 6.45) is 9.55. The quantitative estimate of drug-likeness (QED) is 0.818. The normalized spacial score (nSPS) is 28.5. The standard InChI is InChI=1S/C15H30N2O/c1-17(11-13-6-5-9-18-12-13)15(10-16)14-7-3-2-4-8-14/h13-15H,2-12,16H2,1H3. The molecule has 2 N–H and O–H groups in total. The minimum Gasteiger partial charge on any atom is -0.381 e. The van der Waals surface area contributed by atoms with Gasteiger partial charge in [-0.25, -0.2) is 0 Å². The highest BCUT2D eigenvalue weighted by Gasteiger charge is 2.27. The molecule has 1 saturated carbocycles. The van der Waals surface area contributed by atoms with E-state index in [4.69, 9.17) is 10.5 Å². The zero-order chi connectivity index (χ0) is 12.8. The molecule has 1 heterocycles. The van der Waals surface area contributed by atoms with Gasteiger partial charge in [-0.05, 0) is 44.6 Å². The Labute approximate surface area is 112 Å². The second kappa shape index (κ2) is 7.46. The summed E-state index contributed by atoms with van der Waals surface area (Å²) in [5.41, 5.74) is 6.04.